The number of halogens is 1. The van der Waals surface area contributed by atoms with Crippen LogP contribution in [-0.4, -0.2) is 42.6 Å². The Morgan fingerprint density at radius 1 is 1.25 bits per heavy atom. The van der Waals surface area contributed by atoms with Gasteiger partial charge in [0.05, 0.1) is 13.0 Å². The summed E-state index contributed by atoms with van der Waals surface area (Å²) in [5.41, 5.74) is 2.08. The van der Waals surface area contributed by atoms with E-state index < -0.39 is 0 Å². The van der Waals surface area contributed by atoms with Gasteiger partial charge in [0, 0.05) is 49.5 Å². The van der Waals surface area contributed by atoms with Crippen LogP contribution >= 0.6 is 11.6 Å². The molecule has 1 aliphatic heterocycles. The molecule has 1 aromatic heterocycles. The van der Waals surface area contributed by atoms with E-state index in [4.69, 9.17) is 16.3 Å². The minimum absolute atomic E-state index is 0.112. The first-order chi connectivity index (χ1) is 11.7. The van der Waals surface area contributed by atoms with Crippen molar-refractivity contribution >= 4 is 17.5 Å². The van der Waals surface area contributed by atoms with Crippen molar-refractivity contribution < 1.29 is 9.53 Å². The number of amides is 1. The van der Waals surface area contributed by atoms with Gasteiger partial charge in [-0.05, 0) is 29.3 Å². The van der Waals surface area contributed by atoms with Crippen molar-refractivity contribution in [3.05, 3.63) is 64.9 Å². The Hall–Kier alpha value is -1.91. The monoisotopic (exact) mass is 344 g/mol. The molecule has 0 N–H and O–H groups in total. The number of nitrogens with zero attached hydrogens (tertiary/aromatic N) is 2. The van der Waals surface area contributed by atoms with Crippen LogP contribution < -0.4 is 0 Å². The number of ether oxygens (including phenoxy) is 1. The highest BCUT2D eigenvalue weighted by atomic mass is 35.5. The average molecular weight is 345 g/mol. The minimum Gasteiger partial charge on any atom is -0.384 e. The van der Waals surface area contributed by atoms with Crippen LogP contribution in [0, 0.1) is 5.92 Å². The molecule has 1 aromatic carbocycles. The molecule has 4 nitrogen and oxygen atoms in total. The fraction of sp³-hybridized carbons (Fsp3) is 0.368. The van der Waals surface area contributed by atoms with Crippen LogP contribution in [0.2, 0.25) is 5.02 Å². The molecule has 1 fully saturated rings. The number of carbonyl (C=O) groups is 1. The smallest absolute Gasteiger partial charge is 0.227 e. The zero-order chi connectivity index (χ0) is 16.9. The molecule has 0 saturated carbocycles. The first kappa shape index (κ1) is 16.9. The summed E-state index contributed by atoms with van der Waals surface area (Å²) in [6.45, 7) is 2.06. The van der Waals surface area contributed by atoms with E-state index in [9.17, 15) is 4.79 Å². The van der Waals surface area contributed by atoms with Crippen LogP contribution in [0.15, 0.2) is 48.8 Å². The van der Waals surface area contributed by atoms with Gasteiger partial charge in [-0.25, -0.2) is 0 Å². The molecule has 0 bridgehead atoms. The van der Waals surface area contributed by atoms with Crippen molar-refractivity contribution in [3.8, 4) is 0 Å². The maximum absolute atomic E-state index is 12.7. The maximum atomic E-state index is 12.7. The standard InChI is InChI=1S/C19H21ClN2O2/c1-24-13-16-11-22(12-17(16)14-6-8-21-9-7-14)19(23)10-15-4-2-3-5-18(15)20/h2-9,16-17H,10-13H2,1H3/t16-,17-/m0/s1. The molecule has 2 atom stereocenters. The lowest BCUT2D eigenvalue weighted by Gasteiger charge is -2.17. The Bertz CT molecular complexity index is 693. The van der Waals surface area contributed by atoms with E-state index in [1.807, 2.05) is 41.3 Å². The van der Waals surface area contributed by atoms with Gasteiger partial charge >= 0.3 is 0 Å². The lowest BCUT2D eigenvalue weighted by atomic mass is 9.90. The topological polar surface area (TPSA) is 42.4 Å². The summed E-state index contributed by atoms with van der Waals surface area (Å²) >= 11 is 6.18. The summed E-state index contributed by atoms with van der Waals surface area (Å²) in [6.07, 6.45) is 3.93. The Morgan fingerprint density at radius 2 is 2.00 bits per heavy atom. The largest absolute Gasteiger partial charge is 0.384 e. The molecule has 24 heavy (non-hydrogen) atoms. The summed E-state index contributed by atoms with van der Waals surface area (Å²) < 4.78 is 5.37. The van der Waals surface area contributed by atoms with E-state index >= 15 is 0 Å². The van der Waals surface area contributed by atoms with Gasteiger partial charge in [0.1, 0.15) is 0 Å². The molecular formula is C19H21ClN2O2. The van der Waals surface area contributed by atoms with Crippen molar-refractivity contribution in [3.63, 3.8) is 0 Å². The van der Waals surface area contributed by atoms with E-state index in [1.165, 1.54) is 5.56 Å². The Balaban J connectivity index is 1.73. The molecule has 0 aliphatic carbocycles. The van der Waals surface area contributed by atoms with Crippen LogP contribution in [0.25, 0.3) is 0 Å². The second-order valence-corrected chi connectivity index (χ2v) is 6.58. The van der Waals surface area contributed by atoms with E-state index in [-0.39, 0.29) is 11.8 Å². The molecule has 0 spiro atoms. The molecular weight excluding hydrogens is 324 g/mol. The van der Waals surface area contributed by atoms with Crippen LogP contribution in [0.3, 0.4) is 0 Å². The van der Waals surface area contributed by atoms with Gasteiger partial charge in [0.25, 0.3) is 0 Å². The molecule has 0 radical (unpaired) electrons. The minimum atomic E-state index is 0.112. The van der Waals surface area contributed by atoms with Crippen molar-refractivity contribution in [2.45, 2.75) is 12.3 Å². The molecule has 5 heteroatoms. The first-order valence-corrected chi connectivity index (χ1v) is 8.47. The highest BCUT2D eigenvalue weighted by Gasteiger charge is 2.36. The Morgan fingerprint density at radius 3 is 2.71 bits per heavy atom. The number of methoxy groups -OCH3 is 1. The van der Waals surface area contributed by atoms with Gasteiger partial charge in [-0.3, -0.25) is 9.78 Å². The average Bonchev–Trinajstić information content (AvgIpc) is 3.02. The van der Waals surface area contributed by atoms with Crippen LogP contribution in [-0.2, 0) is 16.0 Å². The number of pyridine rings is 1. The van der Waals surface area contributed by atoms with Gasteiger partial charge in [-0.15, -0.1) is 0 Å². The summed E-state index contributed by atoms with van der Waals surface area (Å²) in [5.74, 6) is 0.691. The van der Waals surface area contributed by atoms with Crippen LogP contribution in [0.4, 0.5) is 0 Å². The fourth-order valence-electron chi connectivity index (χ4n) is 3.36. The SMILES string of the molecule is COC[C@@H]1CN(C(=O)Cc2ccccc2Cl)C[C@H]1c1ccncc1. The van der Waals surface area contributed by atoms with Gasteiger partial charge in [0.2, 0.25) is 5.91 Å². The number of likely N-dealkylation sites (tertiary alicyclic amines) is 1. The third kappa shape index (κ3) is 3.77. The number of benzene rings is 1. The summed E-state index contributed by atoms with van der Waals surface area (Å²) in [5, 5.41) is 0.643. The zero-order valence-corrected chi connectivity index (χ0v) is 14.4. The van der Waals surface area contributed by atoms with Crippen molar-refractivity contribution in [2.24, 2.45) is 5.92 Å². The maximum Gasteiger partial charge on any atom is 0.227 e. The lowest BCUT2D eigenvalue weighted by molar-refractivity contribution is -0.129. The number of aromatic nitrogens is 1. The highest BCUT2D eigenvalue weighted by molar-refractivity contribution is 6.31. The second kappa shape index (κ2) is 7.77. The Kier molecular flexibility index (Phi) is 5.48. The number of carbonyl (C=O) groups excluding carboxylic acids is 1. The third-order valence-corrected chi connectivity index (χ3v) is 4.98. The Labute approximate surface area is 147 Å². The predicted octanol–water partition coefficient (Wildman–Crippen LogP) is 3.17. The van der Waals surface area contributed by atoms with E-state index in [2.05, 4.69) is 4.98 Å². The van der Waals surface area contributed by atoms with Gasteiger partial charge < -0.3 is 9.64 Å². The van der Waals surface area contributed by atoms with Crippen LogP contribution in [0.1, 0.15) is 17.0 Å². The van der Waals surface area contributed by atoms with E-state index in [1.54, 1.807) is 19.5 Å². The van der Waals surface area contributed by atoms with Crippen molar-refractivity contribution in [1.82, 2.24) is 9.88 Å². The summed E-state index contributed by atoms with van der Waals surface area (Å²) in [4.78, 5) is 18.7. The molecule has 2 aromatic rings. The third-order valence-electron chi connectivity index (χ3n) is 4.61. The second-order valence-electron chi connectivity index (χ2n) is 6.17. The lowest BCUT2D eigenvalue weighted by Crippen LogP contribution is -2.30. The molecule has 1 aliphatic rings. The molecule has 0 unspecified atom stereocenters. The van der Waals surface area contributed by atoms with Gasteiger partial charge in [-0.1, -0.05) is 29.8 Å². The van der Waals surface area contributed by atoms with Crippen molar-refractivity contribution in [1.29, 1.82) is 0 Å². The molecule has 1 amide bonds. The normalized spacial score (nSPS) is 20.3. The quantitative estimate of drug-likeness (QED) is 0.836. The highest BCUT2D eigenvalue weighted by Crippen LogP contribution is 2.33. The van der Waals surface area contributed by atoms with E-state index in [0.29, 0.717) is 37.1 Å². The predicted molar refractivity (Wildman–Crippen MR) is 94.1 cm³/mol. The zero-order valence-electron chi connectivity index (χ0n) is 13.7. The number of rotatable bonds is 5. The van der Waals surface area contributed by atoms with Gasteiger partial charge in [0.15, 0.2) is 0 Å². The van der Waals surface area contributed by atoms with Crippen LogP contribution in [0.5, 0.6) is 0 Å². The van der Waals surface area contributed by atoms with Gasteiger partial charge in [-0.2, -0.15) is 0 Å². The fourth-order valence-corrected chi connectivity index (χ4v) is 3.57. The van der Waals surface area contributed by atoms with Crippen molar-refractivity contribution in [2.75, 3.05) is 26.8 Å². The number of hydrogen-bond acceptors (Lipinski definition) is 3. The summed E-state index contributed by atoms with van der Waals surface area (Å²) in [6, 6.07) is 11.6. The molecule has 2 heterocycles. The summed E-state index contributed by atoms with van der Waals surface area (Å²) in [7, 11) is 1.71. The molecule has 1 saturated heterocycles. The molecule has 126 valence electrons. The molecule has 3 rings (SSSR count). The first-order valence-electron chi connectivity index (χ1n) is 8.09. The van der Waals surface area contributed by atoms with E-state index in [0.717, 1.165) is 5.56 Å². The number of hydrogen-bond donors (Lipinski definition) is 0.